The first-order valence-electron chi connectivity index (χ1n) is 6.02. The number of aromatic nitrogens is 1. The minimum atomic E-state index is -1.20. The Kier molecular flexibility index (Phi) is 4.59. The molecule has 0 aliphatic rings. The number of halogens is 2. The molecule has 0 saturated heterocycles. The van der Waals surface area contributed by atoms with E-state index in [1.165, 1.54) is 24.4 Å². The monoisotopic (exact) mass is 287 g/mol. The van der Waals surface area contributed by atoms with Crippen molar-refractivity contribution in [2.75, 3.05) is 11.9 Å². The van der Waals surface area contributed by atoms with Crippen LogP contribution in [0, 0.1) is 23.5 Å². The van der Waals surface area contributed by atoms with Crippen molar-refractivity contribution >= 4 is 11.7 Å². The minimum absolute atomic E-state index is 0.187. The number of rotatable bonds is 2. The number of amides is 1. The van der Waals surface area contributed by atoms with E-state index in [0.29, 0.717) is 5.56 Å². The maximum atomic E-state index is 13.5. The van der Waals surface area contributed by atoms with E-state index in [0.717, 1.165) is 6.07 Å². The largest absolute Gasteiger partial charge is 0.320 e. The van der Waals surface area contributed by atoms with Gasteiger partial charge in [-0.2, -0.15) is 0 Å². The van der Waals surface area contributed by atoms with Crippen LogP contribution < -0.4 is 11.1 Å². The average molecular weight is 287 g/mol. The van der Waals surface area contributed by atoms with Gasteiger partial charge in [0.2, 0.25) is 0 Å². The van der Waals surface area contributed by atoms with E-state index in [1.54, 1.807) is 6.07 Å². The van der Waals surface area contributed by atoms with Crippen molar-refractivity contribution in [2.45, 2.75) is 0 Å². The third-order valence-corrected chi connectivity index (χ3v) is 2.53. The second-order valence-corrected chi connectivity index (χ2v) is 3.99. The van der Waals surface area contributed by atoms with E-state index in [4.69, 9.17) is 5.73 Å². The fraction of sp³-hybridized carbons (Fsp3) is 0.0667. The van der Waals surface area contributed by atoms with Crippen LogP contribution in [-0.2, 0) is 0 Å². The maximum Gasteiger partial charge on any atom is 0.259 e. The maximum absolute atomic E-state index is 13.5. The van der Waals surface area contributed by atoms with E-state index in [1.807, 2.05) is 0 Å². The van der Waals surface area contributed by atoms with Gasteiger partial charge in [-0.25, -0.2) is 13.8 Å². The highest BCUT2D eigenvalue weighted by Crippen LogP contribution is 2.14. The molecule has 0 bridgehead atoms. The van der Waals surface area contributed by atoms with Crippen molar-refractivity contribution in [2.24, 2.45) is 5.73 Å². The summed E-state index contributed by atoms with van der Waals surface area (Å²) in [6.07, 6.45) is 1.44. The first kappa shape index (κ1) is 14.6. The van der Waals surface area contributed by atoms with Crippen molar-refractivity contribution < 1.29 is 13.6 Å². The van der Waals surface area contributed by atoms with Crippen LogP contribution in [0.25, 0.3) is 0 Å². The van der Waals surface area contributed by atoms with Crippen molar-refractivity contribution in [3.05, 3.63) is 59.3 Å². The van der Waals surface area contributed by atoms with Crippen LogP contribution >= 0.6 is 0 Å². The van der Waals surface area contributed by atoms with Gasteiger partial charge in [0.1, 0.15) is 5.82 Å². The summed E-state index contributed by atoms with van der Waals surface area (Å²) in [5.41, 5.74) is 5.47. The van der Waals surface area contributed by atoms with E-state index < -0.39 is 23.1 Å². The molecule has 0 aliphatic carbocycles. The number of nitrogens with one attached hydrogen (secondary N) is 1. The molecule has 1 aromatic carbocycles. The summed E-state index contributed by atoms with van der Waals surface area (Å²) in [5.74, 6) is 2.55. The van der Waals surface area contributed by atoms with Gasteiger partial charge in [-0.05, 0) is 24.3 Å². The van der Waals surface area contributed by atoms with Gasteiger partial charge in [-0.1, -0.05) is 17.9 Å². The fourth-order valence-corrected chi connectivity index (χ4v) is 1.59. The summed E-state index contributed by atoms with van der Waals surface area (Å²) in [4.78, 5) is 15.8. The molecule has 2 aromatic rings. The molecule has 0 radical (unpaired) electrons. The molecule has 0 unspecified atom stereocenters. The van der Waals surface area contributed by atoms with Gasteiger partial charge in [0, 0.05) is 11.8 Å². The smallest absolute Gasteiger partial charge is 0.259 e. The van der Waals surface area contributed by atoms with Gasteiger partial charge in [0.05, 0.1) is 12.1 Å². The highest BCUT2D eigenvalue weighted by Gasteiger charge is 2.15. The molecule has 106 valence electrons. The predicted molar refractivity (Wildman–Crippen MR) is 74.5 cm³/mol. The molecule has 0 spiro atoms. The zero-order chi connectivity index (χ0) is 15.2. The Labute approximate surface area is 120 Å². The lowest BCUT2D eigenvalue weighted by atomic mass is 10.2. The summed E-state index contributed by atoms with van der Waals surface area (Å²) < 4.78 is 26.6. The number of nitrogens with two attached hydrogens (primary N) is 1. The summed E-state index contributed by atoms with van der Waals surface area (Å²) in [6, 6.07) is 6.53. The molecule has 2 rings (SSSR count). The van der Waals surface area contributed by atoms with Gasteiger partial charge in [0.25, 0.3) is 5.91 Å². The molecule has 0 fully saturated rings. The van der Waals surface area contributed by atoms with Crippen LogP contribution in [-0.4, -0.2) is 17.4 Å². The highest BCUT2D eigenvalue weighted by molar-refractivity contribution is 6.04. The minimum Gasteiger partial charge on any atom is -0.320 e. The Morgan fingerprint density at radius 1 is 1.33 bits per heavy atom. The van der Waals surface area contributed by atoms with Crippen molar-refractivity contribution in [3.63, 3.8) is 0 Å². The summed E-state index contributed by atoms with van der Waals surface area (Å²) >= 11 is 0. The molecule has 1 aromatic heterocycles. The molecule has 3 N–H and O–H groups in total. The van der Waals surface area contributed by atoms with Gasteiger partial charge >= 0.3 is 0 Å². The second-order valence-electron chi connectivity index (χ2n) is 3.99. The molecule has 0 aliphatic heterocycles. The third kappa shape index (κ3) is 3.61. The van der Waals surface area contributed by atoms with Crippen LogP contribution in [0.2, 0.25) is 0 Å². The third-order valence-electron chi connectivity index (χ3n) is 2.53. The molecule has 1 amide bonds. The van der Waals surface area contributed by atoms with Gasteiger partial charge in [-0.3, -0.25) is 4.79 Å². The standard InChI is InChI=1S/C15H11F2N3O/c16-12-5-1-4-11(14(12)17)15(21)20-13-9-10(3-2-7-18)6-8-19-13/h1,4-6,8-9H,7,18H2,(H,19,20,21). The van der Waals surface area contributed by atoms with E-state index in [-0.39, 0.29) is 12.4 Å². The zero-order valence-electron chi connectivity index (χ0n) is 10.9. The first-order chi connectivity index (χ1) is 10.1. The van der Waals surface area contributed by atoms with Gasteiger partial charge < -0.3 is 11.1 Å². The van der Waals surface area contributed by atoms with E-state index in [9.17, 15) is 13.6 Å². The fourth-order valence-electron chi connectivity index (χ4n) is 1.59. The van der Waals surface area contributed by atoms with E-state index >= 15 is 0 Å². The Morgan fingerprint density at radius 3 is 2.90 bits per heavy atom. The van der Waals surface area contributed by atoms with Crippen LogP contribution in [0.5, 0.6) is 0 Å². The van der Waals surface area contributed by atoms with Crippen LogP contribution in [0.4, 0.5) is 14.6 Å². The molecule has 4 nitrogen and oxygen atoms in total. The number of hydrogen-bond donors (Lipinski definition) is 2. The lowest BCUT2D eigenvalue weighted by Crippen LogP contribution is -2.15. The topological polar surface area (TPSA) is 68.0 Å². The molecule has 0 saturated carbocycles. The summed E-state index contributed by atoms with van der Waals surface area (Å²) in [6.45, 7) is 0.207. The first-order valence-corrected chi connectivity index (χ1v) is 6.02. The summed E-state index contributed by atoms with van der Waals surface area (Å²) in [7, 11) is 0. The number of hydrogen-bond acceptors (Lipinski definition) is 3. The second kappa shape index (κ2) is 6.59. The van der Waals surface area contributed by atoms with Crippen molar-refractivity contribution in [1.29, 1.82) is 0 Å². The Morgan fingerprint density at radius 2 is 2.14 bits per heavy atom. The van der Waals surface area contributed by atoms with Crippen molar-refractivity contribution in [1.82, 2.24) is 4.98 Å². The van der Waals surface area contributed by atoms with Crippen LogP contribution in [0.1, 0.15) is 15.9 Å². The number of carbonyl (C=O) groups is 1. The number of carbonyl (C=O) groups excluding carboxylic acids is 1. The Hall–Kier alpha value is -2.78. The SMILES string of the molecule is NCC#Cc1ccnc(NC(=O)c2cccc(F)c2F)c1. The molecule has 21 heavy (non-hydrogen) atoms. The Balaban J connectivity index is 2.22. The number of nitrogens with zero attached hydrogens (tertiary/aromatic N) is 1. The van der Waals surface area contributed by atoms with Crippen LogP contribution in [0.3, 0.4) is 0 Å². The zero-order valence-corrected chi connectivity index (χ0v) is 10.9. The number of anilines is 1. The van der Waals surface area contributed by atoms with Crippen molar-refractivity contribution in [3.8, 4) is 11.8 Å². The number of pyridine rings is 1. The van der Waals surface area contributed by atoms with Gasteiger partial charge in [0.15, 0.2) is 11.6 Å². The number of benzene rings is 1. The molecule has 0 atom stereocenters. The average Bonchev–Trinajstić information content (AvgIpc) is 2.48. The lowest BCUT2D eigenvalue weighted by Gasteiger charge is -2.06. The quantitative estimate of drug-likeness (QED) is 0.829. The molecular formula is C15H11F2N3O. The Bertz CT molecular complexity index is 735. The lowest BCUT2D eigenvalue weighted by molar-refractivity contribution is 0.102. The predicted octanol–water partition coefficient (Wildman–Crippen LogP) is 1.92. The highest BCUT2D eigenvalue weighted by atomic mass is 19.2. The van der Waals surface area contributed by atoms with E-state index in [2.05, 4.69) is 22.1 Å². The van der Waals surface area contributed by atoms with Crippen LogP contribution in [0.15, 0.2) is 36.5 Å². The summed E-state index contributed by atoms with van der Waals surface area (Å²) in [5, 5.41) is 2.39. The molecular weight excluding hydrogens is 276 g/mol. The van der Waals surface area contributed by atoms with Gasteiger partial charge in [-0.15, -0.1) is 0 Å². The molecule has 6 heteroatoms. The molecule has 1 heterocycles. The normalized spacial score (nSPS) is 9.67.